The van der Waals surface area contributed by atoms with E-state index >= 15 is 0 Å². The molecule has 0 aromatic heterocycles. The number of aryl methyl sites for hydroxylation is 1. The van der Waals surface area contributed by atoms with Crippen LogP contribution in [0.3, 0.4) is 0 Å². The normalized spacial score (nSPS) is 10.3. The predicted molar refractivity (Wildman–Crippen MR) is 76.4 cm³/mol. The second-order valence-electron chi connectivity index (χ2n) is 4.27. The first kappa shape index (κ1) is 13.2. The Morgan fingerprint density at radius 3 is 2.63 bits per heavy atom. The number of halogens is 1. The van der Waals surface area contributed by atoms with Crippen LogP contribution in [0, 0.1) is 12.7 Å². The van der Waals surface area contributed by atoms with E-state index in [1.165, 1.54) is 12.1 Å². The largest absolute Gasteiger partial charge is 0.494 e. The molecule has 4 heteroatoms. The van der Waals surface area contributed by atoms with Crippen LogP contribution in [0.5, 0.6) is 5.75 Å². The van der Waals surface area contributed by atoms with Crippen molar-refractivity contribution in [2.75, 3.05) is 17.7 Å². The summed E-state index contributed by atoms with van der Waals surface area (Å²) < 4.78 is 18.4. The van der Waals surface area contributed by atoms with Gasteiger partial charge in [0.05, 0.1) is 18.0 Å². The maximum absolute atomic E-state index is 13.0. The van der Waals surface area contributed by atoms with Crippen molar-refractivity contribution in [1.82, 2.24) is 0 Å². The van der Waals surface area contributed by atoms with Gasteiger partial charge in [-0.2, -0.15) is 0 Å². The first-order valence-electron chi connectivity index (χ1n) is 6.15. The molecule has 100 valence electrons. The fourth-order valence-electron chi connectivity index (χ4n) is 1.85. The van der Waals surface area contributed by atoms with Crippen molar-refractivity contribution >= 4 is 17.1 Å². The van der Waals surface area contributed by atoms with E-state index in [1.807, 2.05) is 32.0 Å². The highest BCUT2D eigenvalue weighted by Gasteiger charge is 2.04. The zero-order valence-corrected chi connectivity index (χ0v) is 11.0. The Balaban J connectivity index is 2.21. The Kier molecular flexibility index (Phi) is 3.90. The molecule has 3 N–H and O–H groups in total. The van der Waals surface area contributed by atoms with Gasteiger partial charge in [-0.25, -0.2) is 4.39 Å². The highest BCUT2D eigenvalue weighted by atomic mass is 19.1. The zero-order chi connectivity index (χ0) is 13.8. The third kappa shape index (κ3) is 3.16. The monoisotopic (exact) mass is 260 g/mol. The number of benzene rings is 2. The van der Waals surface area contributed by atoms with Crippen LogP contribution in [0.1, 0.15) is 12.5 Å². The summed E-state index contributed by atoms with van der Waals surface area (Å²) >= 11 is 0. The molecule has 2 aromatic rings. The highest BCUT2D eigenvalue weighted by molar-refractivity contribution is 5.73. The molecule has 0 spiro atoms. The van der Waals surface area contributed by atoms with Crippen LogP contribution in [0.2, 0.25) is 0 Å². The fraction of sp³-hybridized carbons (Fsp3) is 0.200. The van der Waals surface area contributed by atoms with Gasteiger partial charge in [0.1, 0.15) is 11.6 Å². The molecule has 3 nitrogen and oxygen atoms in total. The molecule has 2 rings (SSSR count). The fourth-order valence-corrected chi connectivity index (χ4v) is 1.85. The maximum Gasteiger partial charge on any atom is 0.125 e. The van der Waals surface area contributed by atoms with Crippen molar-refractivity contribution in [3.8, 4) is 5.75 Å². The Morgan fingerprint density at radius 1 is 1.21 bits per heavy atom. The lowest BCUT2D eigenvalue weighted by molar-refractivity contribution is 0.338. The van der Waals surface area contributed by atoms with Crippen LogP contribution in [-0.4, -0.2) is 6.61 Å². The Hall–Kier alpha value is -2.23. The molecule has 2 aromatic carbocycles. The number of hydrogen-bond acceptors (Lipinski definition) is 3. The predicted octanol–water partition coefficient (Wildman–Crippen LogP) is 3.86. The maximum atomic E-state index is 13.0. The van der Waals surface area contributed by atoms with Gasteiger partial charge >= 0.3 is 0 Å². The molecular weight excluding hydrogens is 243 g/mol. The number of rotatable bonds is 4. The van der Waals surface area contributed by atoms with Gasteiger partial charge in [0.15, 0.2) is 0 Å². The average molecular weight is 260 g/mol. The number of nitrogens with one attached hydrogen (secondary N) is 1. The molecule has 0 bridgehead atoms. The van der Waals surface area contributed by atoms with Crippen LogP contribution in [-0.2, 0) is 0 Å². The summed E-state index contributed by atoms with van der Waals surface area (Å²) in [5, 5.41) is 3.16. The minimum atomic E-state index is -0.342. The molecule has 0 atom stereocenters. The van der Waals surface area contributed by atoms with E-state index in [1.54, 1.807) is 6.07 Å². The lowest BCUT2D eigenvalue weighted by Crippen LogP contribution is -1.98. The summed E-state index contributed by atoms with van der Waals surface area (Å²) in [6.07, 6.45) is 0. The Labute approximate surface area is 112 Å². The van der Waals surface area contributed by atoms with Crippen molar-refractivity contribution < 1.29 is 9.13 Å². The topological polar surface area (TPSA) is 47.3 Å². The summed E-state index contributed by atoms with van der Waals surface area (Å²) in [6, 6.07) is 10.1. The van der Waals surface area contributed by atoms with Gasteiger partial charge < -0.3 is 15.8 Å². The second-order valence-corrected chi connectivity index (χ2v) is 4.27. The molecule has 0 saturated heterocycles. The van der Waals surface area contributed by atoms with Crippen molar-refractivity contribution in [2.45, 2.75) is 13.8 Å². The van der Waals surface area contributed by atoms with Gasteiger partial charge in [-0.3, -0.25) is 0 Å². The van der Waals surface area contributed by atoms with Crippen molar-refractivity contribution in [2.24, 2.45) is 0 Å². The average Bonchev–Trinajstić information content (AvgIpc) is 2.36. The highest BCUT2D eigenvalue weighted by Crippen LogP contribution is 2.27. The van der Waals surface area contributed by atoms with E-state index in [-0.39, 0.29) is 5.82 Å². The summed E-state index contributed by atoms with van der Waals surface area (Å²) in [5.41, 5.74) is 8.75. The molecule has 0 aliphatic heterocycles. The van der Waals surface area contributed by atoms with E-state index in [0.717, 1.165) is 17.0 Å². The Morgan fingerprint density at radius 2 is 2.00 bits per heavy atom. The van der Waals surface area contributed by atoms with Gasteiger partial charge in [-0.05, 0) is 55.8 Å². The number of nitrogen functional groups attached to an aromatic ring is 1. The standard InChI is InChI=1S/C15H17FN2O/c1-3-19-15-7-5-12(8-10(15)2)18-14-6-4-11(16)9-13(14)17/h4-9,18H,3,17H2,1-2H3. The molecule has 0 fully saturated rings. The van der Waals surface area contributed by atoms with Crippen molar-refractivity contribution in [3.05, 3.63) is 47.8 Å². The quantitative estimate of drug-likeness (QED) is 0.821. The van der Waals surface area contributed by atoms with Crippen LogP contribution in [0.15, 0.2) is 36.4 Å². The number of hydrogen-bond donors (Lipinski definition) is 2. The lowest BCUT2D eigenvalue weighted by Gasteiger charge is -2.12. The molecule has 0 aliphatic rings. The third-order valence-electron chi connectivity index (χ3n) is 2.77. The van der Waals surface area contributed by atoms with Crippen molar-refractivity contribution in [1.29, 1.82) is 0 Å². The number of nitrogens with two attached hydrogens (primary N) is 1. The molecular formula is C15H17FN2O. The van der Waals surface area contributed by atoms with E-state index in [4.69, 9.17) is 10.5 Å². The first-order chi connectivity index (χ1) is 9.10. The van der Waals surface area contributed by atoms with E-state index < -0.39 is 0 Å². The van der Waals surface area contributed by atoms with Gasteiger partial charge in [0.25, 0.3) is 0 Å². The van der Waals surface area contributed by atoms with Crippen LogP contribution >= 0.6 is 0 Å². The summed E-state index contributed by atoms with van der Waals surface area (Å²) in [5.74, 6) is 0.519. The molecule has 19 heavy (non-hydrogen) atoms. The molecule has 0 unspecified atom stereocenters. The van der Waals surface area contributed by atoms with Crippen LogP contribution in [0.4, 0.5) is 21.5 Å². The summed E-state index contributed by atoms with van der Waals surface area (Å²) in [4.78, 5) is 0. The van der Waals surface area contributed by atoms with E-state index in [9.17, 15) is 4.39 Å². The summed E-state index contributed by atoms with van der Waals surface area (Å²) in [7, 11) is 0. The SMILES string of the molecule is CCOc1ccc(Nc2ccc(F)cc2N)cc1C. The molecule has 0 aliphatic carbocycles. The van der Waals surface area contributed by atoms with Gasteiger partial charge in [-0.15, -0.1) is 0 Å². The molecule has 0 radical (unpaired) electrons. The number of ether oxygens (including phenoxy) is 1. The zero-order valence-electron chi connectivity index (χ0n) is 11.0. The molecule has 0 saturated carbocycles. The summed E-state index contributed by atoms with van der Waals surface area (Å²) in [6.45, 7) is 4.56. The second kappa shape index (κ2) is 5.61. The van der Waals surface area contributed by atoms with Gasteiger partial charge in [0, 0.05) is 5.69 Å². The van der Waals surface area contributed by atoms with Crippen LogP contribution < -0.4 is 15.8 Å². The minimum absolute atomic E-state index is 0.342. The Bertz CT molecular complexity index is 584. The molecule has 0 amide bonds. The minimum Gasteiger partial charge on any atom is -0.494 e. The lowest BCUT2D eigenvalue weighted by atomic mass is 10.2. The van der Waals surface area contributed by atoms with Crippen molar-refractivity contribution in [3.63, 3.8) is 0 Å². The van der Waals surface area contributed by atoms with E-state index in [2.05, 4.69) is 5.32 Å². The van der Waals surface area contributed by atoms with Crippen LogP contribution in [0.25, 0.3) is 0 Å². The first-order valence-corrected chi connectivity index (χ1v) is 6.15. The number of anilines is 3. The van der Waals surface area contributed by atoms with E-state index in [0.29, 0.717) is 18.0 Å². The van der Waals surface area contributed by atoms with Gasteiger partial charge in [0.2, 0.25) is 0 Å². The third-order valence-corrected chi connectivity index (χ3v) is 2.77. The van der Waals surface area contributed by atoms with Gasteiger partial charge in [-0.1, -0.05) is 0 Å². The smallest absolute Gasteiger partial charge is 0.125 e. The molecule has 0 heterocycles.